The van der Waals surface area contributed by atoms with Crippen LogP contribution in [-0.4, -0.2) is 18.1 Å². The van der Waals surface area contributed by atoms with Gasteiger partial charge in [0, 0.05) is 16.7 Å². The summed E-state index contributed by atoms with van der Waals surface area (Å²) in [7, 11) is 1.57. The molecule has 0 aliphatic carbocycles. The van der Waals surface area contributed by atoms with Crippen molar-refractivity contribution in [1.29, 1.82) is 0 Å². The summed E-state index contributed by atoms with van der Waals surface area (Å²) in [5, 5.41) is 6.43. The monoisotopic (exact) mass is 380 g/mol. The number of hydrogen-bond donors (Lipinski definition) is 2. The number of halogens is 2. The Bertz CT molecular complexity index is 794. The largest absolute Gasteiger partial charge is 0.496 e. The maximum atomic E-state index is 11.9. The van der Waals surface area contributed by atoms with E-state index in [1.165, 1.54) is 6.08 Å². The molecule has 124 valence electrons. The Morgan fingerprint density at radius 1 is 1.21 bits per heavy atom. The normalized spacial score (nSPS) is 10.5. The fourth-order valence-corrected chi connectivity index (χ4v) is 2.42. The minimum atomic E-state index is -0.378. The van der Waals surface area contributed by atoms with Crippen molar-refractivity contribution in [3.05, 3.63) is 64.1 Å². The highest BCUT2D eigenvalue weighted by Gasteiger charge is 2.06. The van der Waals surface area contributed by atoms with E-state index in [1.807, 2.05) is 24.3 Å². The summed E-state index contributed by atoms with van der Waals surface area (Å²) in [5.41, 5.74) is 1.30. The fraction of sp³-hybridized carbons (Fsp3) is 0.0588. The molecule has 2 aromatic rings. The molecule has 0 bridgehead atoms. The molecule has 0 heterocycles. The molecule has 0 saturated carbocycles. The zero-order chi connectivity index (χ0) is 17.5. The molecule has 0 aliphatic rings. The van der Waals surface area contributed by atoms with E-state index < -0.39 is 0 Å². The summed E-state index contributed by atoms with van der Waals surface area (Å²) >= 11 is 17.0. The Balaban J connectivity index is 1.98. The average molecular weight is 381 g/mol. The summed E-state index contributed by atoms with van der Waals surface area (Å²) in [6.07, 6.45) is 3.01. The Morgan fingerprint density at radius 3 is 2.71 bits per heavy atom. The summed E-state index contributed by atoms with van der Waals surface area (Å²) in [5.74, 6) is 0.296. The third-order valence-corrected chi connectivity index (χ3v) is 3.74. The first-order chi connectivity index (χ1) is 11.5. The van der Waals surface area contributed by atoms with Crippen molar-refractivity contribution < 1.29 is 9.53 Å². The van der Waals surface area contributed by atoms with Gasteiger partial charge in [-0.25, -0.2) is 0 Å². The summed E-state index contributed by atoms with van der Waals surface area (Å²) in [6.45, 7) is 0. The molecule has 0 fully saturated rings. The van der Waals surface area contributed by atoms with Crippen LogP contribution in [0.2, 0.25) is 10.0 Å². The van der Waals surface area contributed by atoms with E-state index in [4.69, 9.17) is 40.2 Å². The first-order valence-electron chi connectivity index (χ1n) is 6.87. The topological polar surface area (TPSA) is 50.4 Å². The van der Waals surface area contributed by atoms with Gasteiger partial charge in [-0.2, -0.15) is 0 Å². The van der Waals surface area contributed by atoms with Crippen LogP contribution in [-0.2, 0) is 4.79 Å². The standard InChI is InChI=1S/C17H14Cl2N2O2S/c1-23-15-5-3-2-4-11(15)6-9-16(22)21-17(24)20-14-10-12(18)7-8-13(14)19/h2-10H,1H3,(H2,20,21,22,24). The Hall–Kier alpha value is -2.08. The van der Waals surface area contributed by atoms with Gasteiger partial charge < -0.3 is 10.1 Å². The number of carbonyl (C=O) groups excluding carboxylic acids is 1. The van der Waals surface area contributed by atoms with Crippen LogP contribution in [0, 0.1) is 0 Å². The molecular formula is C17H14Cl2N2O2S. The van der Waals surface area contributed by atoms with Crippen LogP contribution in [0.5, 0.6) is 5.75 Å². The Morgan fingerprint density at radius 2 is 1.96 bits per heavy atom. The number of ether oxygens (including phenoxy) is 1. The van der Waals surface area contributed by atoms with Gasteiger partial charge in [-0.05, 0) is 42.6 Å². The second kappa shape index (κ2) is 8.68. The lowest BCUT2D eigenvalue weighted by Crippen LogP contribution is -2.32. The zero-order valence-electron chi connectivity index (χ0n) is 12.7. The van der Waals surface area contributed by atoms with Gasteiger partial charge in [0.1, 0.15) is 5.75 Å². The van der Waals surface area contributed by atoms with Crippen molar-refractivity contribution >= 4 is 58.2 Å². The molecule has 2 rings (SSSR count). The first-order valence-corrected chi connectivity index (χ1v) is 8.04. The van der Waals surface area contributed by atoms with Crippen LogP contribution < -0.4 is 15.4 Å². The molecule has 2 aromatic carbocycles. The summed E-state index contributed by atoms with van der Waals surface area (Å²) in [4.78, 5) is 11.9. The minimum absolute atomic E-state index is 0.119. The average Bonchev–Trinajstić information content (AvgIpc) is 2.56. The molecule has 0 unspecified atom stereocenters. The van der Waals surface area contributed by atoms with Crippen molar-refractivity contribution in [3.63, 3.8) is 0 Å². The van der Waals surface area contributed by atoms with Crippen molar-refractivity contribution in [1.82, 2.24) is 5.32 Å². The first kappa shape index (κ1) is 18.3. The van der Waals surface area contributed by atoms with Gasteiger partial charge in [0.2, 0.25) is 5.91 Å². The number of nitrogens with one attached hydrogen (secondary N) is 2. The highest BCUT2D eigenvalue weighted by molar-refractivity contribution is 7.80. The number of rotatable bonds is 4. The molecule has 7 heteroatoms. The van der Waals surface area contributed by atoms with Gasteiger partial charge in [0.05, 0.1) is 17.8 Å². The van der Waals surface area contributed by atoms with Gasteiger partial charge in [-0.1, -0.05) is 41.4 Å². The number of thiocarbonyl (C=S) groups is 1. The predicted molar refractivity (Wildman–Crippen MR) is 103 cm³/mol. The molecular weight excluding hydrogens is 367 g/mol. The summed E-state index contributed by atoms with van der Waals surface area (Å²) < 4.78 is 5.21. The molecule has 0 atom stereocenters. The number of amides is 1. The maximum Gasteiger partial charge on any atom is 0.250 e. The van der Waals surface area contributed by atoms with Gasteiger partial charge in [-0.3, -0.25) is 10.1 Å². The van der Waals surface area contributed by atoms with Gasteiger partial charge >= 0.3 is 0 Å². The smallest absolute Gasteiger partial charge is 0.250 e. The number of hydrogen-bond acceptors (Lipinski definition) is 3. The number of carbonyl (C=O) groups is 1. The fourth-order valence-electron chi connectivity index (χ4n) is 1.87. The predicted octanol–water partition coefficient (Wildman–Crippen LogP) is 4.53. The molecule has 0 spiro atoms. The Labute approximate surface area is 155 Å². The molecule has 2 N–H and O–H groups in total. The quantitative estimate of drug-likeness (QED) is 0.604. The number of methoxy groups -OCH3 is 1. The van der Waals surface area contributed by atoms with Crippen LogP contribution in [0.15, 0.2) is 48.5 Å². The summed E-state index contributed by atoms with van der Waals surface area (Å²) in [6, 6.07) is 12.3. The second-order valence-corrected chi connectivity index (χ2v) is 5.89. The lowest BCUT2D eigenvalue weighted by atomic mass is 10.2. The lowest BCUT2D eigenvalue weighted by molar-refractivity contribution is -0.115. The van der Waals surface area contributed by atoms with Crippen LogP contribution in [0.4, 0.5) is 5.69 Å². The van der Waals surface area contributed by atoms with Gasteiger partial charge in [0.25, 0.3) is 0 Å². The highest BCUT2D eigenvalue weighted by atomic mass is 35.5. The molecule has 24 heavy (non-hydrogen) atoms. The molecule has 0 saturated heterocycles. The third-order valence-electron chi connectivity index (χ3n) is 2.97. The van der Waals surface area contributed by atoms with Crippen molar-refractivity contribution in [2.75, 3.05) is 12.4 Å². The maximum absolute atomic E-state index is 11.9. The van der Waals surface area contributed by atoms with Crippen LogP contribution in [0.3, 0.4) is 0 Å². The molecule has 0 aliphatic heterocycles. The van der Waals surface area contributed by atoms with E-state index in [1.54, 1.807) is 31.4 Å². The van der Waals surface area contributed by atoms with E-state index in [0.29, 0.717) is 21.5 Å². The van der Waals surface area contributed by atoms with E-state index in [9.17, 15) is 4.79 Å². The second-order valence-electron chi connectivity index (χ2n) is 4.64. The zero-order valence-corrected chi connectivity index (χ0v) is 15.0. The van der Waals surface area contributed by atoms with Gasteiger partial charge in [0.15, 0.2) is 5.11 Å². The van der Waals surface area contributed by atoms with Crippen molar-refractivity contribution in [2.24, 2.45) is 0 Å². The number of anilines is 1. The number of benzene rings is 2. The SMILES string of the molecule is COc1ccccc1C=CC(=O)NC(=S)Nc1cc(Cl)ccc1Cl. The van der Waals surface area contributed by atoms with E-state index >= 15 is 0 Å². The highest BCUT2D eigenvalue weighted by Crippen LogP contribution is 2.25. The van der Waals surface area contributed by atoms with Gasteiger partial charge in [-0.15, -0.1) is 0 Å². The third kappa shape index (κ3) is 5.23. The molecule has 0 radical (unpaired) electrons. The minimum Gasteiger partial charge on any atom is -0.496 e. The van der Waals surface area contributed by atoms with E-state index in [0.717, 1.165) is 5.56 Å². The lowest BCUT2D eigenvalue weighted by Gasteiger charge is -2.10. The van der Waals surface area contributed by atoms with Crippen molar-refractivity contribution in [3.8, 4) is 5.75 Å². The number of para-hydroxylation sites is 1. The molecule has 0 aromatic heterocycles. The Kier molecular flexibility index (Phi) is 6.61. The molecule has 1 amide bonds. The molecule has 4 nitrogen and oxygen atoms in total. The van der Waals surface area contributed by atoms with Crippen LogP contribution in [0.1, 0.15) is 5.56 Å². The van der Waals surface area contributed by atoms with E-state index in [2.05, 4.69) is 10.6 Å². The van der Waals surface area contributed by atoms with Crippen molar-refractivity contribution in [2.45, 2.75) is 0 Å². The van der Waals surface area contributed by atoms with Crippen LogP contribution in [0.25, 0.3) is 6.08 Å². The van der Waals surface area contributed by atoms with E-state index in [-0.39, 0.29) is 11.0 Å². The van der Waals surface area contributed by atoms with Crippen LogP contribution >= 0.6 is 35.4 Å².